The Hall–Kier alpha value is -0.300. The normalized spacial score (nSPS) is 21.9. The predicted molar refractivity (Wildman–Crippen MR) is 52.3 cm³/mol. The minimum absolute atomic E-state index is 0.251. The van der Waals surface area contributed by atoms with E-state index in [4.69, 9.17) is 5.11 Å². The predicted octanol–water partition coefficient (Wildman–Crippen LogP) is -1.42. The second-order valence-corrected chi connectivity index (χ2v) is 4.80. The van der Waals surface area contributed by atoms with E-state index in [1.807, 2.05) is 4.90 Å². The van der Waals surface area contributed by atoms with Crippen LogP contribution in [-0.4, -0.2) is 64.9 Å². The molecular weight excluding hydrogens is 206 g/mol. The van der Waals surface area contributed by atoms with E-state index >= 15 is 0 Å². The average molecular weight is 221 g/mol. The molecule has 1 fully saturated rings. The van der Waals surface area contributed by atoms with E-state index in [1.165, 1.54) is 7.11 Å². The Balaban J connectivity index is 2.48. The Morgan fingerprint density at radius 2 is 2.21 bits per heavy atom. The lowest BCUT2D eigenvalue weighted by atomic mass is 10.2. The molecule has 0 saturated carbocycles. The molecule has 0 aromatic carbocycles. The molecule has 1 saturated heterocycles. The molecule has 0 aliphatic carbocycles. The number of esters is 1. The maximum atomic E-state index is 11.2. The molecule has 1 aliphatic rings. The third-order valence-corrected chi connectivity index (χ3v) is 3.58. The summed E-state index contributed by atoms with van der Waals surface area (Å²) >= 11 is -0.770. The quantitative estimate of drug-likeness (QED) is 0.468. The van der Waals surface area contributed by atoms with Crippen molar-refractivity contribution in [3.8, 4) is 0 Å². The van der Waals surface area contributed by atoms with Crippen molar-refractivity contribution in [1.29, 1.82) is 0 Å². The number of aliphatic hydroxyl groups excluding tert-OH is 1. The Kier molecular flexibility index (Phi) is 4.67. The molecule has 0 spiro atoms. The summed E-state index contributed by atoms with van der Waals surface area (Å²) in [5.41, 5.74) is 0. The molecule has 82 valence electrons. The van der Waals surface area contributed by atoms with Gasteiger partial charge in [0.2, 0.25) is 0 Å². The van der Waals surface area contributed by atoms with Gasteiger partial charge in [-0.15, -0.1) is 0 Å². The molecular formula is C8H15NO4S. The van der Waals surface area contributed by atoms with Crippen molar-refractivity contribution in [2.24, 2.45) is 0 Å². The van der Waals surface area contributed by atoms with Gasteiger partial charge in [-0.2, -0.15) is 0 Å². The van der Waals surface area contributed by atoms with Gasteiger partial charge in [0.05, 0.1) is 13.7 Å². The molecule has 0 aromatic rings. The molecule has 0 radical (unpaired) electrons. The van der Waals surface area contributed by atoms with Crippen LogP contribution in [0.5, 0.6) is 0 Å². The van der Waals surface area contributed by atoms with Crippen molar-refractivity contribution in [2.45, 2.75) is 6.04 Å². The van der Waals surface area contributed by atoms with E-state index in [1.54, 1.807) is 0 Å². The molecule has 0 amide bonds. The number of methoxy groups -OCH3 is 1. The van der Waals surface area contributed by atoms with Gasteiger partial charge in [-0.25, -0.2) is 0 Å². The van der Waals surface area contributed by atoms with Gasteiger partial charge in [-0.3, -0.25) is 9.69 Å². The second-order valence-electron chi connectivity index (χ2n) is 3.11. The maximum absolute atomic E-state index is 11.2. The van der Waals surface area contributed by atoms with Crippen LogP contribution in [0.15, 0.2) is 0 Å². The summed E-state index contributed by atoms with van der Waals surface area (Å²) in [5.74, 6) is 0.696. The highest BCUT2D eigenvalue weighted by Crippen LogP contribution is 2.08. The van der Waals surface area contributed by atoms with E-state index in [-0.39, 0.29) is 6.61 Å². The summed E-state index contributed by atoms with van der Waals surface area (Å²) in [6.45, 7) is 0.902. The summed E-state index contributed by atoms with van der Waals surface area (Å²) in [6, 6.07) is -0.600. The van der Waals surface area contributed by atoms with Gasteiger partial charge < -0.3 is 14.4 Å². The highest BCUT2D eigenvalue weighted by Gasteiger charge is 2.30. The van der Waals surface area contributed by atoms with Gasteiger partial charge in [0.25, 0.3) is 0 Å². The average Bonchev–Trinajstić information content (AvgIpc) is 2.21. The molecule has 1 aliphatic heterocycles. The van der Waals surface area contributed by atoms with Crippen LogP contribution in [0.1, 0.15) is 0 Å². The van der Waals surface area contributed by atoms with Gasteiger partial charge in [-0.05, 0) is 0 Å². The van der Waals surface area contributed by atoms with Crippen LogP contribution < -0.4 is 0 Å². The van der Waals surface area contributed by atoms with E-state index in [2.05, 4.69) is 4.74 Å². The number of carbonyl (C=O) groups is 1. The molecule has 5 nitrogen and oxygen atoms in total. The van der Waals surface area contributed by atoms with Crippen molar-refractivity contribution in [1.82, 2.24) is 4.90 Å². The standard InChI is InChI=1S/C8H15NO4S/c1-13-8(11)7(6-10)9-2-4-14(12)5-3-9/h7,10H,2-6H2,1H3. The lowest BCUT2D eigenvalue weighted by Gasteiger charge is -2.32. The fraction of sp³-hybridized carbons (Fsp3) is 0.875. The zero-order valence-electron chi connectivity index (χ0n) is 8.14. The summed E-state index contributed by atoms with van der Waals surface area (Å²) < 4.78 is 15.6. The Morgan fingerprint density at radius 1 is 1.64 bits per heavy atom. The Morgan fingerprint density at radius 3 is 2.64 bits per heavy atom. The highest BCUT2D eigenvalue weighted by atomic mass is 32.2. The van der Waals surface area contributed by atoms with Gasteiger partial charge >= 0.3 is 5.97 Å². The van der Waals surface area contributed by atoms with Crippen LogP contribution in [0.3, 0.4) is 0 Å². The zero-order valence-corrected chi connectivity index (χ0v) is 8.96. The molecule has 1 atom stereocenters. The van der Waals surface area contributed by atoms with Gasteiger partial charge in [0.1, 0.15) is 17.5 Å². The van der Waals surface area contributed by atoms with E-state index in [9.17, 15) is 9.35 Å². The number of hydrogen-bond acceptors (Lipinski definition) is 5. The lowest BCUT2D eigenvalue weighted by molar-refractivity contribution is -0.148. The van der Waals surface area contributed by atoms with Crippen LogP contribution >= 0.6 is 0 Å². The molecule has 0 bridgehead atoms. The maximum Gasteiger partial charge on any atom is 0.325 e. The van der Waals surface area contributed by atoms with Crippen LogP contribution in [0.25, 0.3) is 0 Å². The smallest absolute Gasteiger partial charge is 0.325 e. The molecule has 1 heterocycles. The number of aliphatic hydroxyl groups is 1. The van der Waals surface area contributed by atoms with E-state index < -0.39 is 23.2 Å². The third-order valence-electron chi connectivity index (χ3n) is 2.30. The van der Waals surface area contributed by atoms with Crippen molar-refractivity contribution >= 4 is 17.1 Å². The van der Waals surface area contributed by atoms with Crippen molar-refractivity contribution in [2.75, 3.05) is 38.3 Å². The fourth-order valence-electron chi connectivity index (χ4n) is 1.44. The molecule has 1 unspecified atom stereocenters. The molecule has 1 rings (SSSR count). The van der Waals surface area contributed by atoms with Gasteiger partial charge in [0, 0.05) is 13.1 Å². The van der Waals surface area contributed by atoms with Gasteiger partial charge in [0.15, 0.2) is 0 Å². The zero-order chi connectivity index (χ0) is 10.6. The topological polar surface area (TPSA) is 72.8 Å². The van der Waals surface area contributed by atoms with Crippen LogP contribution in [0.2, 0.25) is 0 Å². The molecule has 14 heavy (non-hydrogen) atoms. The van der Waals surface area contributed by atoms with E-state index in [0.29, 0.717) is 24.6 Å². The van der Waals surface area contributed by atoms with Crippen molar-refractivity contribution in [3.05, 3.63) is 0 Å². The summed E-state index contributed by atoms with van der Waals surface area (Å²) in [7, 11) is 1.30. The monoisotopic (exact) mass is 221 g/mol. The lowest BCUT2D eigenvalue weighted by Crippen LogP contribution is -2.51. The van der Waals surface area contributed by atoms with Crippen molar-refractivity contribution < 1.29 is 19.2 Å². The van der Waals surface area contributed by atoms with Crippen LogP contribution in [0.4, 0.5) is 0 Å². The minimum atomic E-state index is -0.770. The van der Waals surface area contributed by atoms with Crippen LogP contribution in [0, 0.1) is 0 Å². The fourth-order valence-corrected chi connectivity index (χ4v) is 2.52. The summed E-state index contributed by atoms with van der Waals surface area (Å²) in [4.78, 5) is 13.0. The third kappa shape index (κ3) is 2.84. The van der Waals surface area contributed by atoms with Gasteiger partial charge in [-0.1, -0.05) is 11.2 Å². The Labute approximate surface area is 86.2 Å². The van der Waals surface area contributed by atoms with E-state index in [0.717, 1.165) is 0 Å². The number of nitrogens with zero attached hydrogens (tertiary/aromatic N) is 1. The number of ether oxygens (including phenoxy) is 1. The summed E-state index contributed by atoms with van der Waals surface area (Å²) in [5, 5.41) is 9.03. The largest absolute Gasteiger partial charge is 0.616 e. The summed E-state index contributed by atoms with van der Waals surface area (Å²) in [6.07, 6.45) is 0. The van der Waals surface area contributed by atoms with Crippen LogP contribution in [-0.2, 0) is 20.7 Å². The number of hydrogen-bond donors (Lipinski definition) is 1. The molecule has 6 heteroatoms. The SMILES string of the molecule is COC(=O)C(CO)N1CC[S+]([O-])CC1. The molecule has 0 aromatic heterocycles. The first-order valence-corrected chi connectivity index (χ1v) is 5.95. The minimum Gasteiger partial charge on any atom is -0.616 e. The highest BCUT2D eigenvalue weighted by molar-refractivity contribution is 7.91. The number of rotatable bonds is 3. The first-order valence-electron chi connectivity index (χ1n) is 4.46. The number of carbonyl (C=O) groups excluding carboxylic acids is 1. The first-order chi connectivity index (χ1) is 6.69. The van der Waals surface area contributed by atoms with Crippen molar-refractivity contribution in [3.63, 3.8) is 0 Å². The Bertz CT molecular complexity index is 194. The first kappa shape index (κ1) is 11.8. The second kappa shape index (κ2) is 5.55. The molecule has 1 N–H and O–H groups in total.